The number of aromatic nitrogens is 1. The van der Waals surface area contributed by atoms with Crippen LogP contribution in [0.1, 0.15) is 48.8 Å². The maximum absolute atomic E-state index is 13.6. The van der Waals surface area contributed by atoms with Gasteiger partial charge in [0.15, 0.2) is 16.7 Å². The number of nitrogens with zero attached hydrogens (tertiary/aromatic N) is 2. The van der Waals surface area contributed by atoms with Crippen molar-refractivity contribution in [3.63, 3.8) is 0 Å². The first-order valence-electron chi connectivity index (χ1n) is 12.0. The van der Waals surface area contributed by atoms with Gasteiger partial charge in [0, 0.05) is 0 Å². The van der Waals surface area contributed by atoms with Crippen molar-refractivity contribution < 1.29 is 33.4 Å². The van der Waals surface area contributed by atoms with Crippen LogP contribution in [0.2, 0.25) is 0 Å². The molecule has 0 radical (unpaired) electrons. The van der Waals surface area contributed by atoms with Gasteiger partial charge in [-0.25, -0.2) is 9.78 Å². The van der Waals surface area contributed by atoms with Gasteiger partial charge in [0.05, 0.1) is 24.4 Å². The Morgan fingerprint density at radius 3 is 2.54 bits per heavy atom. The van der Waals surface area contributed by atoms with E-state index in [4.69, 9.17) is 13.9 Å². The van der Waals surface area contributed by atoms with E-state index in [0.717, 1.165) is 16.9 Å². The van der Waals surface area contributed by atoms with Gasteiger partial charge in [0.1, 0.15) is 23.0 Å². The maximum Gasteiger partial charge on any atom is 0.350 e. The molecule has 1 N–H and O–H groups in total. The second kappa shape index (κ2) is 10.6. The lowest BCUT2D eigenvalue weighted by atomic mass is 9.95. The summed E-state index contributed by atoms with van der Waals surface area (Å²) in [7, 11) is 1.25. The van der Waals surface area contributed by atoms with E-state index in [1.165, 1.54) is 18.1 Å². The van der Waals surface area contributed by atoms with Gasteiger partial charge in [-0.15, -0.1) is 0 Å². The number of hydrogen-bond donors (Lipinski definition) is 1. The lowest BCUT2D eigenvalue weighted by Crippen LogP contribution is -2.31. The molecular weight excluding hydrogens is 520 g/mol. The standard InChI is InChI=1S/C29H24N2O7S/c1-16-12-13-21(38-16)24(32)22-23(19-10-7-11-20(14-19)37-15-18-8-5-4-6-9-18)31(27(34)25(22)33)29-30-17(2)26(39-29)28(35)36-3/h4-14,23,33H,15H2,1-3H3. The van der Waals surface area contributed by atoms with Crippen molar-refractivity contribution in [3.05, 3.63) is 111 Å². The Hall–Kier alpha value is -4.70. The molecule has 0 fully saturated rings. The molecule has 0 saturated carbocycles. The van der Waals surface area contributed by atoms with Crippen LogP contribution >= 0.6 is 11.3 Å². The highest BCUT2D eigenvalue weighted by molar-refractivity contribution is 7.17. The number of esters is 1. The number of ether oxygens (including phenoxy) is 2. The Labute approximate surface area is 227 Å². The highest BCUT2D eigenvalue weighted by Gasteiger charge is 2.47. The lowest BCUT2D eigenvalue weighted by molar-refractivity contribution is -0.117. The SMILES string of the molecule is COC(=O)c1sc(N2C(=O)C(O)=C(C(=O)c3ccc(C)o3)C2c2cccc(OCc3ccccc3)c2)nc1C. The molecule has 0 spiro atoms. The molecule has 10 heteroatoms. The number of rotatable bonds is 8. The average molecular weight is 545 g/mol. The number of carbonyl (C=O) groups excluding carboxylic acids is 3. The number of aliphatic hydroxyl groups excluding tert-OH is 1. The molecule has 1 unspecified atom stereocenters. The van der Waals surface area contributed by atoms with Crippen molar-refractivity contribution in [1.29, 1.82) is 0 Å². The number of Topliss-reactive ketones (excluding diaryl/α,β-unsaturated/α-hetero) is 1. The lowest BCUT2D eigenvalue weighted by Gasteiger charge is -2.24. The predicted molar refractivity (Wildman–Crippen MR) is 143 cm³/mol. The Morgan fingerprint density at radius 1 is 1.08 bits per heavy atom. The quantitative estimate of drug-likeness (QED) is 0.228. The van der Waals surface area contributed by atoms with E-state index in [-0.39, 0.29) is 21.3 Å². The molecular formula is C29H24N2O7S. The summed E-state index contributed by atoms with van der Waals surface area (Å²) in [6.45, 7) is 3.62. The van der Waals surface area contributed by atoms with Crippen molar-refractivity contribution >= 4 is 34.1 Å². The molecule has 3 heterocycles. The molecule has 1 atom stereocenters. The number of methoxy groups -OCH3 is 1. The van der Waals surface area contributed by atoms with Gasteiger partial charge in [-0.2, -0.15) is 0 Å². The number of aryl methyl sites for hydroxylation is 2. The number of anilines is 1. The average Bonchev–Trinajstić information content (AvgIpc) is 3.63. The van der Waals surface area contributed by atoms with E-state index in [2.05, 4.69) is 4.98 Å². The summed E-state index contributed by atoms with van der Waals surface area (Å²) in [4.78, 5) is 45.1. The largest absolute Gasteiger partial charge is 0.503 e. The minimum absolute atomic E-state index is 0.0178. The van der Waals surface area contributed by atoms with E-state index in [1.54, 1.807) is 44.2 Å². The van der Waals surface area contributed by atoms with Crippen LogP contribution in [0, 0.1) is 13.8 Å². The first kappa shape index (κ1) is 25.9. The first-order chi connectivity index (χ1) is 18.8. The second-order valence-electron chi connectivity index (χ2n) is 8.83. The summed E-state index contributed by atoms with van der Waals surface area (Å²) in [6.07, 6.45) is 0. The number of aliphatic hydroxyl groups is 1. The van der Waals surface area contributed by atoms with Gasteiger partial charge in [0.25, 0.3) is 5.91 Å². The molecule has 1 aliphatic rings. The fourth-order valence-corrected chi connectivity index (χ4v) is 5.33. The van der Waals surface area contributed by atoms with E-state index in [1.807, 2.05) is 30.3 Å². The van der Waals surface area contributed by atoms with Crippen molar-refractivity contribution in [2.24, 2.45) is 0 Å². The van der Waals surface area contributed by atoms with E-state index < -0.39 is 29.5 Å². The van der Waals surface area contributed by atoms with Crippen molar-refractivity contribution in [3.8, 4) is 5.75 Å². The molecule has 198 valence electrons. The molecule has 39 heavy (non-hydrogen) atoms. The van der Waals surface area contributed by atoms with Gasteiger partial charge >= 0.3 is 5.97 Å². The number of furan rings is 1. The zero-order valence-electron chi connectivity index (χ0n) is 21.3. The van der Waals surface area contributed by atoms with Crippen LogP contribution in [0.4, 0.5) is 5.13 Å². The third-order valence-corrected chi connectivity index (χ3v) is 7.34. The number of amides is 1. The molecule has 5 rings (SSSR count). The van der Waals surface area contributed by atoms with Gasteiger partial charge < -0.3 is 19.0 Å². The molecule has 2 aromatic carbocycles. The van der Waals surface area contributed by atoms with E-state index in [9.17, 15) is 19.5 Å². The predicted octanol–water partition coefficient (Wildman–Crippen LogP) is 5.50. The molecule has 1 amide bonds. The Morgan fingerprint density at radius 2 is 1.85 bits per heavy atom. The summed E-state index contributed by atoms with van der Waals surface area (Å²) in [6, 6.07) is 18.6. The summed E-state index contributed by atoms with van der Waals surface area (Å²) in [5, 5.41) is 11.1. The number of hydrogen-bond acceptors (Lipinski definition) is 9. The zero-order chi connectivity index (χ0) is 27.7. The van der Waals surface area contributed by atoms with Gasteiger partial charge in [-0.05, 0) is 49.2 Å². The molecule has 9 nitrogen and oxygen atoms in total. The van der Waals surface area contributed by atoms with E-state index >= 15 is 0 Å². The number of benzene rings is 2. The fourth-order valence-electron chi connectivity index (χ4n) is 4.32. The Bertz CT molecular complexity index is 1600. The number of thiazole rings is 1. The molecule has 0 aliphatic carbocycles. The van der Waals surface area contributed by atoms with Crippen LogP contribution in [0.15, 0.2) is 82.5 Å². The smallest absolute Gasteiger partial charge is 0.350 e. The summed E-state index contributed by atoms with van der Waals surface area (Å²) in [5.41, 5.74) is 1.66. The monoisotopic (exact) mass is 544 g/mol. The maximum atomic E-state index is 13.6. The summed E-state index contributed by atoms with van der Waals surface area (Å²) < 4.78 is 16.3. The minimum atomic E-state index is -1.06. The van der Waals surface area contributed by atoms with Crippen LogP contribution < -0.4 is 9.64 Å². The van der Waals surface area contributed by atoms with Crippen LogP contribution in [0.5, 0.6) is 5.75 Å². The summed E-state index contributed by atoms with van der Waals surface area (Å²) >= 11 is 0.935. The van der Waals surface area contributed by atoms with Crippen molar-refractivity contribution in [1.82, 2.24) is 4.98 Å². The zero-order valence-corrected chi connectivity index (χ0v) is 22.2. The van der Waals surface area contributed by atoms with Crippen LogP contribution in [-0.4, -0.2) is 34.9 Å². The number of carbonyl (C=O) groups is 3. The van der Waals surface area contributed by atoms with Crippen LogP contribution in [0.25, 0.3) is 0 Å². The normalized spacial score (nSPS) is 15.1. The van der Waals surface area contributed by atoms with Crippen molar-refractivity contribution in [2.45, 2.75) is 26.5 Å². The van der Waals surface area contributed by atoms with Crippen LogP contribution in [-0.2, 0) is 16.1 Å². The Balaban J connectivity index is 1.58. The second-order valence-corrected chi connectivity index (χ2v) is 9.81. The molecule has 0 bridgehead atoms. The third-order valence-electron chi connectivity index (χ3n) is 6.20. The van der Waals surface area contributed by atoms with Gasteiger partial charge in [-0.1, -0.05) is 53.8 Å². The first-order valence-corrected chi connectivity index (χ1v) is 12.8. The summed E-state index contributed by atoms with van der Waals surface area (Å²) in [5.74, 6) is -1.80. The molecule has 2 aromatic heterocycles. The minimum Gasteiger partial charge on any atom is -0.503 e. The highest BCUT2D eigenvalue weighted by atomic mass is 32.1. The molecule has 0 saturated heterocycles. The number of ketones is 1. The Kier molecular flexibility index (Phi) is 7.03. The molecule has 4 aromatic rings. The highest BCUT2D eigenvalue weighted by Crippen LogP contribution is 2.44. The van der Waals surface area contributed by atoms with Gasteiger partial charge in [0.2, 0.25) is 5.78 Å². The van der Waals surface area contributed by atoms with Crippen molar-refractivity contribution in [2.75, 3.05) is 12.0 Å². The molecule has 1 aliphatic heterocycles. The third kappa shape index (κ3) is 4.94. The van der Waals surface area contributed by atoms with Gasteiger partial charge in [-0.3, -0.25) is 14.5 Å². The van der Waals surface area contributed by atoms with E-state index in [0.29, 0.717) is 29.4 Å². The van der Waals surface area contributed by atoms with Crippen LogP contribution in [0.3, 0.4) is 0 Å². The topological polar surface area (TPSA) is 119 Å². The fraction of sp³-hybridized carbons (Fsp3) is 0.172.